The number of nitrogens with zero attached hydrogens (tertiary/aromatic N) is 1. The standard InChI is InChI=1S/C21H31N3O2/c1-16-4-2-3-5-19(16)21(26)23-18-10-14-24(15-11-18)20(25)7-6-17-8-12-22-13-9-17/h2-5,17-18,22H,6-15H2,1H3,(H,23,26). The number of aryl methyl sites for hydroxylation is 1. The summed E-state index contributed by atoms with van der Waals surface area (Å²) in [5.41, 5.74) is 1.74. The van der Waals surface area contributed by atoms with Gasteiger partial charge < -0.3 is 15.5 Å². The SMILES string of the molecule is Cc1ccccc1C(=O)NC1CCN(C(=O)CCC2CCNCC2)CC1. The number of rotatable bonds is 5. The number of carbonyl (C=O) groups excluding carboxylic acids is 2. The van der Waals surface area contributed by atoms with Crippen LogP contribution in [0.3, 0.4) is 0 Å². The molecule has 2 aliphatic rings. The largest absolute Gasteiger partial charge is 0.349 e. The molecule has 1 aromatic carbocycles. The molecule has 1 aromatic rings. The third-order valence-electron chi connectivity index (χ3n) is 5.80. The Balaban J connectivity index is 1.40. The first-order valence-electron chi connectivity index (χ1n) is 9.98. The van der Waals surface area contributed by atoms with E-state index in [4.69, 9.17) is 0 Å². The normalized spacial score (nSPS) is 19.3. The summed E-state index contributed by atoms with van der Waals surface area (Å²) in [6.07, 6.45) is 5.77. The molecule has 142 valence electrons. The highest BCUT2D eigenvalue weighted by Gasteiger charge is 2.25. The van der Waals surface area contributed by atoms with Crippen molar-refractivity contribution in [1.82, 2.24) is 15.5 Å². The third-order valence-corrected chi connectivity index (χ3v) is 5.80. The first-order valence-corrected chi connectivity index (χ1v) is 9.98. The van der Waals surface area contributed by atoms with Crippen LogP contribution in [0.4, 0.5) is 0 Å². The highest BCUT2D eigenvalue weighted by molar-refractivity contribution is 5.95. The van der Waals surface area contributed by atoms with Crippen molar-refractivity contribution < 1.29 is 9.59 Å². The maximum Gasteiger partial charge on any atom is 0.251 e. The van der Waals surface area contributed by atoms with E-state index in [0.29, 0.717) is 12.3 Å². The van der Waals surface area contributed by atoms with Gasteiger partial charge in [-0.05, 0) is 69.7 Å². The van der Waals surface area contributed by atoms with Crippen LogP contribution in [0.25, 0.3) is 0 Å². The van der Waals surface area contributed by atoms with Gasteiger partial charge in [-0.3, -0.25) is 9.59 Å². The lowest BCUT2D eigenvalue weighted by molar-refractivity contribution is -0.132. The average Bonchev–Trinajstić information content (AvgIpc) is 2.68. The number of amides is 2. The predicted molar refractivity (Wildman–Crippen MR) is 103 cm³/mol. The van der Waals surface area contributed by atoms with E-state index in [2.05, 4.69) is 10.6 Å². The first-order chi connectivity index (χ1) is 12.6. The number of nitrogens with one attached hydrogen (secondary N) is 2. The Hall–Kier alpha value is -1.88. The molecule has 0 radical (unpaired) electrons. The van der Waals surface area contributed by atoms with Crippen molar-refractivity contribution in [2.75, 3.05) is 26.2 Å². The van der Waals surface area contributed by atoms with Gasteiger partial charge in [0.15, 0.2) is 0 Å². The van der Waals surface area contributed by atoms with Crippen molar-refractivity contribution in [1.29, 1.82) is 0 Å². The fourth-order valence-corrected chi connectivity index (χ4v) is 4.02. The summed E-state index contributed by atoms with van der Waals surface area (Å²) >= 11 is 0. The number of likely N-dealkylation sites (tertiary alicyclic amines) is 1. The highest BCUT2D eigenvalue weighted by atomic mass is 16.2. The van der Waals surface area contributed by atoms with Gasteiger partial charge in [-0.1, -0.05) is 18.2 Å². The van der Waals surface area contributed by atoms with Crippen molar-refractivity contribution in [3.63, 3.8) is 0 Å². The number of carbonyl (C=O) groups is 2. The molecule has 2 aliphatic heterocycles. The second kappa shape index (κ2) is 9.17. The van der Waals surface area contributed by atoms with E-state index in [1.807, 2.05) is 36.1 Å². The van der Waals surface area contributed by atoms with Gasteiger partial charge in [0.1, 0.15) is 0 Å². The van der Waals surface area contributed by atoms with Crippen LogP contribution in [0.2, 0.25) is 0 Å². The Kier molecular flexibility index (Phi) is 6.67. The van der Waals surface area contributed by atoms with E-state index >= 15 is 0 Å². The summed E-state index contributed by atoms with van der Waals surface area (Å²) in [5.74, 6) is 0.983. The number of benzene rings is 1. The minimum Gasteiger partial charge on any atom is -0.349 e. The second-order valence-electron chi connectivity index (χ2n) is 7.68. The van der Waals surface area contributed by atoms with Crippen LogP contribution in [-0.4, -0.2) is 48.9 Å². The molecule has 0 atom stereocenters. The van der Waals surface area contributed by atoms with Gasteiger partial charge in [-0.2, -0.15) is 0 Å². The summed E-state index contributed by atoms with van der Waals surface area (Å²) in [6.45, 7) is 5.64. The fourth-order valence-electron chi connectivity index (χ4n) is 4.02. The van der Waals surface area contributed by atoms with Crippen LogP contribution < -0.4 is 10.6 Å². The molecule has 0 unspecified atom stereocenters. The van der Waals surface area contributed by atoms with E-state index in [1.165, 1.54) is 12.8 Å². The lowest BCUT2D eigenvalue weighted by Crippen LogP contribution is -2.46. The van der Waals surface area contributed by atoms with E-state index in [-0.39, 0.29) is 17.9 Å². The molecule has 2 N–H and O–H groups in total. The van der Waals surface area contributed by atoms with Crippen LogP contribution in [0, 0.1) is 12.8 Å². The van der Waals surface area contributed by atoms with E-state index in [1.54, 1.807) is 0 Å². The molecule has 0 spiro atoms. The van der Waals surface area contributed by atoms with Gasteiger partial charge in [-0.15, -0.1) is 0 Å². The molecular formula is C21H31N3O2. The molecule has 2 heterocycles. The molecule has 0 bridgehead atoms. The highest BCUT2D eigenvalue weighted by Crippen LogP contribution is 2.20. The van der Waals surface area contributed by atoms with Gasteiger partial charge in [0.25, 0.3) is 5.91 Å². The van der Waals surface area contributed by atoms with Gasteiger partial charge >= 0.3 is 0 Å². The zero-order valence-corrected chi connectivity index (χ0v) is 15.8. The Morgan fingerprint density at radius 1 is 1.12 bits per heavy atom. The molecule has 5 nitrogen and oxygen atoms in total. The van der Waals surface area contributed by atoms with Crippen LogP contribution >= 0.6 is 0 Å². The molecule has 2 amide bonds. The molecule has 2 fully saturated rings. The number of hydrogen-bond acceptors (Lipinski definition) is 3. The van der Waals surface area contributed by atoms with Crippen LogP contribution in [0.15, 0.2) is 24.3 Å². The minimum atomic E-state index is -0.00113. The topological polar surface area (TPSA) is 61.4 Å². The van der Waals surface area contributed by atoms with Crippen molar-refractivity contribution in [2.45, 2.75) is 51.5 Å². The summed E-state index contributed by atoms with van der Waals surface area (Å²) in [7, 11) is 0. The van der Waals surface area contributed by atoms with Crippen molar-refractivity contribution in [3.8, 4) is 0 Å². The van der Waals surface area contributed by atoms with Crippen LogP contribution in [0.1, 0.15) is 54.4 Å². The molecule has 0 aliphatic carbocycles. The molecule has 0 aromatic heterocycles. The summed E-state index contributed by atoms with van der Waals surface area (Å²) in [5, 5.41) is 6.51. The van der Waals surface area contributed by atoms with Crippen molar-refractivity contribution in [3.05, 3.63) is 35.4 Å². The van der Waals surface area contributed by atoms with Gasteiger partial charge in [0.05, 0.1) is 0 Å². The van der Waals surface area contributed by atoms with E-state index in [0.717, 1.165) is 56.6 Å². The molecule has 26 heavy (non-hydrogen) atoms. The zero-order chi connectivity index (χ0) is 18.4. The Morgan fingerprint density at radius 2 is 1.81 bits per heavy atom. The molecular weight excluding hydrogens is 326 g/mol. The lowest BCUT2D eigenvalue weighted by Gasteiger charge is -2.33. The van der Waals surface area contributed by atoms with E-state index < -0.39 is 0 Å². The summed E-state index contributed by atoms with van der Waals surface area (Å²) < 4.78 is 0. The maximum atomic E-state index is 12.5. The maximum absolute atomic E-state index is 12.5. The minimum absolute atomic E-state index is 0.00113. The Morgan fingerprint density at radius 3 is 2.50 bits per heavy atom. The van der Waals surface area contributed by atoms with E-state index in [9.17, 15) is 9.59 Å². The quantitative estimate of drug-likeness (QED) is 0.851. The zero-order valence-electron chi connectivity index (χ0n) is 15.8. The smallest absolute Gasteiger partial charge is 0.251 e. The predicted octanol–water partition coefficient (Wildman–Crippen LogP) is 2.50. The van der Waals surface area contributed by atoms with Gasteiger partial charge in [-0.25, -0.2) is 0 Å². The Labute approximate surface area is 156 Å². The molecule has 2 saturated heterocycles. The summed E-state index contributed by atoms with van der Waals surface area (Å²) in [6, 6.07) is 7.82. The first kappa shape index (κ1) is 18.9. The van der Waals surface area contributed by atoms with Gasteiger partial charge in [0, 0.05) is 31.1 Å². The van der Waals surface area contributed by atoms with Gasteiger partial charge in [0.2, 0.25) is 5.91 Å². The van der Waals surface area contributed by atoms with Crippen molar-refractivity contribution in [2.24, 2.45) is 5.92 Å². The van der Waals surface area contributed by atoms with Crippen LogP contribution in [0.5, 0.6) is 0 Å². The summed E-state index contributed by atoms with van der Waals surface area (Å²) in [4.78, 5) is 26.9. The monoisotopic (exact) mass is 357 g/mol. The molecule has 0 saturated carbocycles. The molecule has 5 heteroatoms. The molecule has 3 rings (SSSR count). The Bertz CT molecular complexity index is 617. The second-order valence-corrected chi connectivity index (χ2v) is 7.68. The fraction of sp³-hybridized carbons (Fsp3) is 0.619. The lowest BCUT2D eigenvalue weighted by atomic mass is 9.93. The van der Waals surface area contributed by atoms with Crippen molar-refractivity contribution >= 4 is 11.8 Å². The third kappa shape index (κ3) is 5.07. The number of piperidine rings is 2. The van der Waals surface area contributed by atoms with Crippen LogP contribution in [-0.2, 0) is 4.79 Å². The average molecular weight is 357 g/mol. The number of hydrogen-bond donors (Lipinski definition) is 2.